The number of carboxylic acids is 2. The van der Waals surface area contributed by atoms with Gasteiger partial charge in [0, 0.05) is 0 Å². The molecule has 94 valence electrons. The van der Waals surface area contributed by atoms with Gasteiger partial charge in [0.2, 0.25) is 0 Å². The molecule has 0 amide bonds. The number of ether oxygens (including phenoxy) is 1. The fourth-order valence-electron chi connectivity index (χ4n) is 0.836. The van der Waals surface area contributed by atoms with Crippen LogP contribution in [-0.4, -0.2) is 87.8 Å². The Hall–Kier alpha value is -0.900. The van der Waals surface area contributed by atoms with E-state index in [1.165, 1.54) is 0 Å². The van der Waals surface area contributed by atoms with Crippen LogP contribution in [0.25, 0.3) is 0 Å². The van der Waals surface area contributed by atoms with E-state index < -0.39 is 42.5 Å². The molecule has 0 heterocycles. The molecule has 0 aromatic carbocycles. The van der Waals surface area contributed by atoms with E-state index in [0.29, 0.717) is 0 Å². The number of aliphatic hydroxyl groups is 1. The van der Waals surface area contributed by atoms with Crippen LogP contribution in [0.3, 0.4) is 0 Å². The molecule has 0 bridgehead atoms. The third-order valence-corrected chi connectivity index (χ3v) is 1.48. The summed E-state index contributed by atoms with van der Waals surface area (Å²) in [6.45, 7) is 0. The largest absolute Gasteiger partial charge is 2.00 e. The van der Waals surface area contributed by atoms with Gasteiger partial charge in [-0.05, 0) is 0 Å². The Kier molecular flexibility index (Phi) is 8.07. The van der Waals surface area contributed by atoms with Crippen molar-refractivity contribution in [1.29, 1.82) is 0 Å². The van der Waals surface area contributed by atoms with Crippen LogP contribution in [0.5, 0.6) is 0 Å². The van der Waals surface area contributed by atoms with E-state index >= 15 is 0 Å². The van der Waals surface area contributed by atoms with E-state index in [4.69, 9.17) is 15.3 Å². The zero-order valence-corrected chi connectivity index (χ0v) is 10.7. The molecule has 17 heavy (non-hydrogen) atoms. The predicted octanol–water partition coefficient (Wildman–Crippen LogP) is -1.27. The zero-order valence-electron chi connectivity index (χ0n) is 10.5. The number of carbonyl (C=O) groups is 4. The molecule has 1 atom stereocenters. The molecule has 0 rings (SSSR count). The summed E-state index contributed by atoms with van der Waals surface area (Å²) in [7, 11) is 0. The molecule has 0 aliphatic rings. The molecule has 0 aliphatic heterocycles. The first-order valence-electron chi connectivity index (χ1n) is 3.78. The summed E-state index contributed by atoms with van der Waals surface area (Å²) in [5.41, 5.74) is -2.89. The number of hydrogen-bond acceptors (Lipinski definition) is 6. The quantitative estimate of drug-likeness (QED) is 0.273. The van der Waals surface area contributed by atoms with Gasteiger partial charge in [-0.15, -0.1) is 0 Å². The molecule has 0 saturated carbocycles. The molecule has 4 N–H and O–H groups in total. The fraction of sp³-hybridized carbons (Fsp3) is 0.429. The molecule has 10 heteroatoms. The van der Waals surface area contributed by atoms with Crippen molar-refractivity contribution in [1.82, 2.24) is 0 Å². The van der Waals surface area contributed by atoms with E-state index in [2.05, 4.69) is 4.74 Å². The van der Waals surface area contributed by atoms with Gasteiger partial charge >= 0.3 is 61.8 Å². The van der Waals surface area contributed by atoms with Gasteiger partial charge < -0.3 is 28.0 Å². The van der Waals surface area contributed by atoms with E-state index in [1.54, 1.807) is 0 Å². The minimum atomic E-state index is -2.89. The molecule has 0 fully saturated rings. The molecule has 0 radical (unpaired) electrons. The molecular formula is C7H10CaO9. The summed E-state index contributed by atoms with van der Waals surface area (Å²) in [5, 5.41) is 34.1. The normalized spacial score (nSPS) is 12.8. The fourth-order valence-corrected chi connectivity index (χ4v) is 0.836. The smallest absolute Gasteiger partial charge is 1.00 e. The molecule has 0 saturated heterocycles. The summed E-state index contributed by atoms with van der Waals surface area (Å²) in [6, 6.07) is 0. The van der Waals surface area contributed by atoms with Crippen LogP contribution in [0, 0.1) is 0 Å². The minimum absolute atomic E-state index is 0. The van der Waals surface area contributed by atoms with Gasteiger partial charge in [-0.1, -0.05) is 0 Å². The van der Waals surface area contributed by atoms with Crippen molar-refractivity contribution in [2.45, 2.75) is 18.4 Å². The first kappa shape index (κ1) is 18.5. The molecule has 9 nitrogen and oxygen atoms in total. The zero-order chi connectivity index (χ0) is 12.9. The number of carbonyl (C=O) groups excluding carboxylic acids is 1. The second-order valence-electron chi connectivity index (χ2n) is 2.82. The first-order chi connectivity index (χ1) is 7.17. The Labute approximate surface area is 127 Å². The van der Waals surface area contributed by atoms with E-state index in [1.807, 2.05) is 0 Å². The Morgan fingerprint density at radius 2 is 1.53 bits per heavy atom. The van der Waals surface area contributed by atoms with Crippen LogP contribution >= 0.6 is 0 Å². The molecular weight excluding hydrogens is 268 g/mol. The van der Waals surface area contributed by atoms with Gasteiger partial charge in [0.15, 0.2) is 5.60 Å². The third kappa shape index (κ3) is 7.10. The van der Waals surface area contributed by atoms with Crippen molar-refractivity contribution in [2.24, 2.45) is 0 Å². The molecule has 0 aliphatic carbocycles. The Morgan fingerprint density at radius 3 is 1.82 bits per heavy atom. The van der Waals surface area contributed by atoms with Crippen LogP contribution in [0.1, 0.15) is 15.7 Å². The average molecular weight is 278 g/mol. The Bertz CT molecular complexity index is 347. The van der Waals surface area contributed by atoms with E-state index in [0.717, 1.165) is 0 Å². The Morgan fingerprint density at radius 1 is 1.06 bits per heavy atom. The van der Waals surface area contributed by atoms with Gasteiger partial charge in [-0.2, -0.15) is 0 Å². The third-order valence-electron chi connectivity index (χ3n) is 1.48. The monoisotopic (exact) mass is 278 g/mol. The van der Waals surface area contributed by atoms with Gasteiger partial charge in [0.05, 0.1) is 12.8 Å². The van der Waals surface area contributed by atoms with Crippen LogP contribution in [0.15, 0.2) is 0 Å². The van der Waals surface area contributed by atoms with Crippen LogP contribution in [0.4, 0.5) is 4.79 Å². The molecule has 0 aromatic rings. The van der Waals surface area contributed by atoms with Gasteiger partial charge in [-0.25, -0.2) is 9.59 Å². The topological polar surface area (TPSA) is 158 Å². The van der Waals surface area contributed by atoms with Crippen molar-refractivity contribution in [3.05, 3.63) is 0 Å². The van der Waals surface area contributed by atoms with Crippen molar-refractivity contribution in [2.75, 3.05) is 0 Å². The first-order valence-corrected chi connectivity index (χ1v) is 3.78. The number of hydrogen-bond donors (Lipinski definition) is 4. The standard InChI is InChI=1S/C7H8O9.Ca.2H/c8-3(9)1-7(15,5(11)12)2-4(10)16-6(13)14;;;/h15H,1-2H2,(H,8,9)(H,11,12)(H,13,14);;;/q;+2;2*-1. The van der Waals surface area contributed by atoms with E-state index in [-0.39, 0.29) is 40.6 Å². The predicted molar refractivity (Wildman–Crippen MR) is 51.6 cm³/mol. The average Bonchev–Trinajstić information content (AvgIpc) is 1.98. The van der Waals surface area contributed by atoms with Gasteiger partial charge in [-0.3, -0.25) is 9.59 Å². The SMILES string of the molecule is O=C(O)CC(O)(CC(=O)OC(=O)O)C(=O)O.[Ca+2].[H-].[H-]. The van der Waals surface area contributed by atoms with Gasteiger partial charge in [0.1, 0.15) is 0 Å². The Balaban J connectivity index is -0.000000375. The van der Waals surface area contributed by atoms with Crippen molar-refractivity contribution in [3.63, 3.8) is 0 Å². The van der Waals surface area contributed by atoms with Crippen LogP contribution in [0.2, 0.25) is 0 Å². The second kappa shape index (κ2) is 7.43. The van der Waals surface area contributed by atoms with Crippen molar-refractivity contribution >= 4 is 61.8 Å². The maximum Gasteiger partial charge on any atom is 2.00 e. The molecule has 1 unspecified atom stereocenters. The second-order valence-corrected chi connectivity index (χ2v) is 2.82. The molecule has 0 aromatic heterocycles. The number of rotatable bonds is 5. The number of esters is 1. The summed E-state index contributed by atoms with van der Waals surface area (Å²) in [4.78, 5) is 41.4. The number of carboxylic acid groups (broad SMARTS) is 3. The van der Waals surface area contributed by atoms with Crippen molar-refractivity contribution < 1.29 is 47.2 Å². The van der Waals surface area contributed by atoms with Gasteiger partial charge in [0.25, 0.3) is 0 Å². The summed E-state index contributed by atoms with van der Waals surface area (Å²) >= 11 is 0. The van der Waals surface area contributed by atoms with Crippen LogP contribution in [-0.2, 0) is 19.1 Å². The maximum atomic E-state index is 10.7. The summed E-state index contributed by atoms with van der Waals surface area (Å²) < 4.78 is 3.54. The maximum absolute atomic E-state index is 10.7. The summed E-state index contributed by atoms with van der Waals surface area (Å²) in [6.07, 6.45) is -4.51. The number of aliphatic carboxylic acids is 2. The summed E-state index contributed by atoms with van der Waals surface area (Å²) in [5.74, 6) is -5.18. The van der Waals surface area contributed by atoms with E-state index in [9.17, 15) is 24.3 Å². The molecule has 0 spiro atoms. The van der Waals surface area contributed by atoms with Crippen molar-refractivity contribution in [3.8, 4) is 0 Å². The van der Waals surface area contributed by atoms with Crippen LogP contribution < -0.4 is 0 Å². The minimum Gasteiger partial charge on any atom is -1.00 e.